The van der Waals surface area contributed by atoms with E-state index in [1.165, 1.54) is 11.1 Å². The number of anilines is 2. The van der Waals surface area contributed by atoms with Gasteiger partial charge in [-0.2, -0.15) is 0 Å². The largest absolute Gasteiger partial charge is 0.366 e. The van der Waals surface area contributed by atoms with Gasteiger partial charge in [-0.3, -0.25) is 4.79 Å². The van der Waals surface area contributed by atoms with Crippen LogP contribution >= 0.6 is 11.6 Å². The normalized spacial score (nSPS) is 10.5. The maximum atomic E-state index is 12.6. The van der Waals surface area contributed by atoms with Gasteiger partial charge >= 0.3 is 0 Å². The van der Waals surface area contributed by atoms with E-state index in [1.54, 1.807) is 19.1 Å². The van der Waals surface area contributed by atoms with Crippen LogP contribution in [0, 0.1) is 20.8 Å². The Morgan fingerprint density at radius 3 is 2.52 bits per heavy atom. The molecule has 0 bridgehead atoms. The van der Waals surface area contributed by atoms with E-state index in [9.17, 15) is 4.79 Å². The highest BCUT2D eigenvalue weighted by Crippen LogP contribution is 2.20. The Hall–Kier alpha value is -2.92. The summed E-state index contributed by atoms with van der Waals surface area (Å²) in [4.78, 5) is 21.2. The average Bonchev–Trinajstić information content (AvgIpc) is 2.63. The van der Waals surface area contributed by atoms with Crippen LogP contribution < -0.4 is 10.6 Å². The van der Waals surface area contributed by atoms with Gasteiger partial charge in [0.2, 0.25) is 0 Å². The molecule has 1 aromatic heterocycles. The van der Waals surface area contributed by atoms with Crippen LogP contribution in [0.3, 0.4) is 0 Å². The number of nitrogens with one attached hydrogen (secondary N) is 2. The SMILES string of the molecule is Cc1nc(NCc2ccccc2C)cc(C(=O)Nc2ccc(C)c(Cl)c2)n1. The second-order valence-corrected chi connectivity index (χ2v) is 6.79. The highest BCUT2D eigenvalue weighted by Gasteiger charge is 2.12. The average molecular weight is 381 g/mol. The van der Waals surface area contributed by atoms with E-state index in [-0.39, 0.29) is 5.91 Å². The molecule has 138 valence electrons. The number of hydrogen-bond acceptors (Lipinski definition) is 4. The van der Waals surface area contributed by atoms with Crippen molar-refractivity contribution in [1.82, 2.24) is 9.97 Å². The third-order valence-electron chi connectivity index (χ3n) is 4.22. The van der Waals surface area contributed by atoms with Gasteiger partial charge in [0.15, 0.2) is 0 Å². The zero-order valence-electron chi connectivity index (χ0n) is 15.5. The summed E-state index contributed by atoms with van der Waals surface area (Å²) in [6, 6.07) is 15.2. The highest BCUT2D eigenvalue weighted by atomic mass is 35.5. The number of hydrogen-bond donors (Lipinski definition) is 2. The van der Waals surface area contributed by atoms with Crippen molar-refractivity contribution in [2.45, 2.75) is 27.3 Å². The minimum absolute atomic E-state index is 0.298. The van der Waals surface area contributed by atoms with Crippen molar-refractivity contribution < 1.29 is 4.79 Å². The van der Waals surface area contributed by atoms with Crippen molar-refractivity contribution in [3.05, 3.63) is 81.8 Å². The summed E-state index contributed by atoms with van der Waals surface area (Å²) >= 11 is 6.12. The number of rotatable bonds is 5. The van der Waals surface area contributed by atoms with Crippen LogP contribution in [0.15, 0.2) is 48.5 Å². The van der Waals surface area contributed by atoms with E-state index in [0.717, 1.165) is 5.56 Å². The van der Waals surface area contributed by atoms with Gasteiger partial charge in [0.25, 0.3) is 5.91 Å². The number of halogens is 1. The maximum absolute atomic E-state index is 12.6. The minimum Gasteiger partial charge on any atom is -0.366 e. The zero-order valence-corrected chi connectivity index (χ0v) is 16.3. The Labute approximate surface area is 163 Å². The number of carbonyl (C=O) groups is 1. The zero-order chi connectivity index (χ0) is 19.4. The monoisotopic (exact) mass is 380 g/mol. The maximum Gasteiger partial charge on any atom is 0.274 e. The number of carbonyl (C=O) groups excluding carboxylic acids is 1. The summed E-state index contributed by atoms with van der Waals surface area (Å²) in [6.45, 7) is 6.36. The van der Waals surface area contributed by atoms with E-state index < -0.39 is 0 Å². The molecule has 0 atom stereocenters. The number of aromatic nitrogens is 2. The lowest BCUT2D eigenvalue weighted by atomic mass is 10.1. The van der Waals surface area contributed by atoms with E-state index in [4.69, 9.17) is 11.6 Å². The van der Waals surface area contributed by atoms with Crippen LogP contribution in [-0.2, 0) is 6.54 Å². The molecule has 0 aliphatic carbocycles. The second kappa shape index (κ2) is 8.18. The van der Waals surface area contributed by atoms with Gasteiger partial charge in [-0.1, -0.05) is 41.9 Å². The third kappa shape index (κ3) is 4.83. The van der Waals surface area contributed by atoms with E-state index in [1.807, 2.05) is 31.2 Å². The Morgan fingerprint density at radius 1 is 1.00 bits per heavy atom. The Kier molecular flexibility index (Phi) is 5.72. The topological polar surface area (TPSA) is 66.9 Å². The van der Waals surface area contributed by atoms with Crippen molar-refractivity contribution in [3.63, 3.8) is 0 Å². The molecule has 2 N–H and O–H groups in total. The van der Waals surface area contributed by atoms with Crippen molar-refractivity contribution in [1.29, 1.82) is 0 Å². The first-order chi connectivity index (χ1) is 12.9. The summed E-state index contributed by atoms with van der Waals surface area (Å²) < 4.78 is 0. The molecule has 3 aromatic rings. The summed E-state index contributed by atoms with van der Waals surface area (Å²) in [5.74, 6) is 0.828. The standard InChI is InChI=1S/C21H21ClN4O/c1-13-6-4-5-7-16(13)12-23-20-11-19(24-15(3)25-20)21(27)26-17-9-8-14(2)18(22)10-17/h4-11H,12H2,1-3H3,(H,26,27)(H,23,24,25). The quantitative estimate of drug-likeness (QED) is 0.659. The molecule has 0 spiro atoms. The van der Waals surface area contributed by atoms with Gasteiger partial charge in [0.1, 0.15) is 17.3 Å². The molecule has 5 nitrogen and oxygen atoms in total. The summed E-state index contributed by atoms with van der Waals surface area (Å²) in [5.41, 5.74) is 4.25. The van der Waals surface area contributed by atoms with Crippen LogP contribution in [0.4, 0.5) is 11.5 Å². The Bertz CT molecular complexity index is 988. The van der Waals surface area contributed by atoms with Crippen LogP contribution in [0.5, 0.6) is 0 Å². The van der Waals surface area contributed by atoms with Crippen molar-refractivity contribution in [3.8, 4) is 0 Å². The third-order valence-corrected chi connectivity index (χ3v) is 4.63. The first kappa shape index (κ1) is 18.9. The molecule has 0 unspecified atom stereocenters. The minimum atomic E-state index is -0.306. The molecule has 27 heavy (non-hydrogen) atoms. The van der Waals surface area contributed by atoms with Gasteiger partial charge in [0, 0.05) is 23.3 Å². The fourth-order valence-corrected chi connectivity index (χ4v) is 2.82. The second-order valence-electron chi connectivity index (χ2n) is 6.38. The number of nitrogens with zero attached hydrogens (tertiary/aromatic N) is 2. The van der Waals surface area contributed by atoms with Crippen LogP contribution in [0.25, 0.3) is 0 Å². The molecule has 3 rings (SSSR count). The summed E-state index contributed by atoms with van der Waals surface area (Å²) in [7, 11) is 0. The number of amides is 1. The molecule has 0 saturated carbocycles. The van der Waals surface area contributed by atoms with Gasteiger partial charge in [-0.25, -0.2) is 9.97 Å². The lowest BCUT2D eigenvalue weighted by molar-refractivity contribution is 0.102. The van der Waals surface area contributed by atoms with Crippen LogP contribution in [-0.4, -0.2) is 15.9 Å². The summed E-state index contributed by atoms with van der Waals surface area (Å²) in [6.07, 6.45) is 0. The molecular formula is C21H21ClN4O. The predicted octanol–water partition coefficient (Wildman–Crippen LogP) is 4.92. The molecular weight excluding hydrogens is 360 g/mol. The molecule has 1 amide bonds. The fraction of sp³-hybridized carbons (Fsp3) is 0.190. The fourth-order valence-electron chi connectivity index (χ4n) is 2.63. The first-order valence-corrected chi connectivity index (χ1v) is 9.02. The lowest BCUT2D eigenvalue weighted by Crippen LogP contribution is -2.16. The number of benzene rings is 2. The molecule has 0 aliphatic rings. The first-order valence-electron chi connectivity index (χ1n) is 8.64. The van der Waals surface area contributed by atoms with Crippen LogP contribution in [0.2, 0.25) is 5.02 Å². The smallest absolute Gasteiger partial charge is 0.274 e. The highest BCUT2D eigenvalue weighted by molar-refractivity contribution is 6.31. The van der Waals surface area contributed by atoms with Crippen molar-refractivity contribution in [2.24, 2.45) is 0 Å². The molecule has 0 fully saturated rings. The predicted molar refractivity (Wildman–Crippen MR) is 109 cm³/mol. The molecule has 1 heterocycles. The lowest BCUT2D eigenvalue weighted by Gasteiger charge is -2.11. The van der Waals surface area contributed by atoms with E-state index in [2.05, 4.69) is 39.7 Å². The molecule has 0 radical (unpaired) electrons. The van der Waals surface area contributed by atoms with Gasteiger partial charge in [-0.05, 0) is 49.6 Å². The van der Waals surface area contributed by atoms with Gasteiger partial charge in [0.05, 0.1) is 0 Å². The van der Waals surface area contributed by atoms with E-state index >= 15 is 0 Å². The van der Waals surface area contributed by atoms with Crippen molar-refractivity contribution >= 4 is 29.0 Å². The van der Waals surface area contributed by atoms with Gasteiger partial charge in [-0.15, -0.1) is 0 Å². The van der Waals surface area contributed by atoms with Crippen molar-refractivity contribution in [2.75, 3.05) is 10.6 Å². The van der Waals surface area contributed by atoms with E-state index in [0.29, 0.717) is 34.6 Å². The molecule has 0 aliphatic heterocycles. The Balaban J connectivity index is 1.75. The molecule has 0 saturated heterocycles. The van der Waals surface area contributed by atoms with Crippen LogP contribution in [0.1, 0.15) is 33.0 Å². The summed E-state index contributed by atoms with van der Waals surface area (Å²) in [5, 5.41) is 6.69. The number of aryl methyl sites for hydroxylation is 3. The van der Waals surface area contributed by atoms with Gasteiger partial charge < -0.3 is 10.6 Å². The molecule has 2 aromatic carbocycles. The molecule has 6 heteroatoms. The Morgan fingerprint density at radius 2 is 1.78 bits per heavy atom.